The predicted octanol–water partition coefficient (Wildman–Crippen LogP) is 1.31. The van der Waals surface area contributed by atoms with Gasteiger partial charge in [0.05, 0.1) is 5.69 Å². The minimum absolute atomic E-state index is 0.00292. The summed E-state index contributed by atoms with van der Waals surface area (Å²) in [7, 11) is 1.99. The van der Waals surface area contributed by atoms with Gasteiger partial charge in [-0.25, -0.2) is 0 Å². The van der Waals surface area contributed by atoms with Crippen LogP contribution < -0.4 is 0 Å². The molecule has 0 amide bonds. The Hall–Kier alpha value is -0.870. The number of aromatic nitrogens is 2. The van der Waals surface area contributed by atoms with Gasteiger partial charge < -0.3 is 9.84 Å². The van der Waals surface area contributed by atoms with E-state index in [1.807, 2.05) is 11.7 Å². The first-order valence-electron chi connectivity index (χ1n) is 6.39. The van der Waals surface area contributed by atoms with E-state index in [1.165, 1.54) is 5.69 Å². The normalized spacial score (nSPS) is 19.5. The summed E-state index contributed by atoms with van der Waals surface area (Å²) in [5.41, 5.74) is 2.34. The summed E-state index contributed by atoms with van der Waals surface area (Å²) >= 11 is 0. The summed E-state index contributed by atoms with van der Waals surface area (Å²) in [4.78, 5) is 0. The van der Waals surface area contributed by atoms with Crippen LogP contribution in [0.3, 0.4) is 0 Å². The molecular weight excluding hydrogens is 216 g/mol. The van der Waals surface area contributed by atoms with Crippen molar-refractivity contribution in [2.75, 3.05) is 19.8 Å². The molecule has 1 aromatic heterocycles. The molecule has 2 heterocycles. The van der Waals surface area contributed by atoms with Crippen molar-refractivity contribution in [3.8, 4) is 0 Å². The maximum Gasteiger partial charge on any atom is 0.0624 e. The van der Waals surface area contributed by atoms with Crippen molar-refractivity contribution in [2.24, 2.45) is 12.5 Å². The first-order valence-corrected chi connectivity index (χ1v) is 6.39. The average molecular weight is 238 g/mol. The SMILES string of the molecule is CCc1cc(CC2(CO)CCOCC2)n(C)n1. The number of ether oxygens (including phenoxy) is 1. The van der Waals surface area contributed by atoms with E-state index in [1.54, 1.807) is 0 Å². The van der Waals surface area contributed by atoms with Crippen LogP contribution in [0.4, 0.5) is 0 Å². The Morgan fingerprint density at radius 3 is 2.71 bits per heavy atom. The Balaban J connectivity index is 2.14. The summed E-state index contributed by atoms with van der Waals surface area (Å²) in [6.45, 7) is 3.88. The van der Waals surface area contributed by atoms with Gasteiger partial charge in [0.25, 0.3) is 0 Å². The van der Waals surface area contributed by atoms with Gasteiger partial charge in [0.2, 0.25) is 0 Å². The maximum atomic E-state index is 9.67. The van der Waals surface area contributed by atoms with E-state index in [-0.39, 0.29) is 12.0 Å². The molecule has 0 atom stereocenters. The van der Waals surface area contributed by atoms with Crippen molar-refractivity contribution in [1.29, 1.82) is 0 Å². The van der Waals surface area contributed by atoms with Crippen LogP contribution in [0.5, 0.6) is 0 Å². The zero-order valence-electron chi connectivity index (χ0n) is 10.8. The lowest BCUT2D eigenvalue weighted by Gasteiger charge is -2.35. The topological polar surface area (TPSA) is 47.3 Å². The van der Waals surface area contributed by atoms with Crippen LogP contribution >= 0.6 is 0 Å². The third-order valence-electron chi connectivity index (χ3n) is 3.83. The Morgan fingerprint density at radius 2 is 2.18 bits per heavy atom. The second-order valence-corrected chi connectivity index (χ2v) is 5.05. The molecule has 0 unspecified atom stereocenters. The van der Waals surface area contributed by atoms with Gasteiger partial charge in [-0.15, -0.1) is 0 Å². The van der Waals surface area contributed by atoms with Gasteiger partial charge in [-0.1, -0.05) is 6.92 Å². The minimum atomic E-state index is -0.00292. The molecule has 1 aliphatic rings. The molecule has 1 aromatic rings. The van der Waals surface area contributed by atoms with Crippen LogP contribution in [-0.2, 0) is 24.6 Å². The molecule has 4 heteroatoms. The van der Waals surface area contributed by atoms with Gasteiger partial charge in [-0.3, -0.25) is 4.68 Å². The van der Waals surface area contributed by atoms with E-state index >= 15 is 0 Å². The Kier molecular flexibility index (Phi) is 3.84. The highest BCUT2D eigenvalue weighted by Gasteiger charge is 2.33. The van der Waals surface area contributed by atoms with Crippen molar-refractivity contribution >= 4 is 0 Å². The molecular formula is C13H22N2O2. The van der Waals surface area contributed by atoms with E-state index in [2.05, 4.69) is 18.1 Å². The van der Waals surface area contributed by atoms with Gasteiger partial charge in [0.15, 0.2) is 0 Å². The van der Waals surface area contributed by atoms with Crippen LogP contribution in [0.25, 0.3) is 0 Å². The summed E-state index contributed by atoms with van der Waals surface area (Å²) in [6.07, 6.45) is 3.74. The largest absolute Gasteiger partial charge is 0.396 e. The molecule has 96 valence electrons. The van der Waals surface area contributed by atoms with Gasteiger partial charge in [0.1, 0.15) is 0 Å². The predicted molar refractivity (Wildman–Crippen MR) is 65.9 cm³/mol. The minimum Gasteiger partial charge on any atom is -0.396 e. The Bertz CT molecular complexity index is 367. The highest BCUT2D eigenvalue weighted by molar-refractivity contribution is 5.12. The monoisotopic (exact) mass is 238 g/mol. The van der Waals surface area contributed by atoms with Crippen LogP contribution in [-0.4, -0.2) is 34.7 Å². The summed E-state index contributed by atoms with van der Waals surface area (Å²) in [5, 5.41) is 14.1. The Morgan fingerprint density at radius 1 is 1.47 bits per heavy atom. The summed E-state index contributed by atoms with van der Waals surface area (Å²) in [6, 6.07) is 2.16. The lowest BCUT2D eigenvalue weighted by Crippen LogP contribution is -2.35. The van der Waals surface area contributed by atoms with Crippen molar-refractivity contribution in [2.45, 2.75) is 32.6 Å². The van der Waals surface area contributed by atoms with Gasteiger partial charge in [-0.2, -0.15) is 5.10 Å². The quantitative estimate of drug-likeness (QED) is 0.860. The fourth-order valence-electron chi connectivity index (χ4n) is 2.49. The van der Waals surface area contributed by atoms with Crippen LogP contribution in [0, 0.1) is 5.41 Å². The zero-order valence-corrected chi connectivity index (χ0v) is 10.8. The fourth-order valence-corrected chi connectivity index (χ4v) is 2.49. The van der Waals surface area contributed by atoms with Crippen LogP contribution in [0.15, 0.2) is 6.07 Å². The van der Waals surface area contributed by atoms with Crippen molar-refractivity contribution in [3.63, 3.8) is 0 Å². The van der Waals surface area contributed by atoms with Gasteiger partial charge in [-0.05, 0) is 31.7 Å². The summed E-state index contributed by atoms with van der Waals surface area (Å²) < 4.78 is 7.34. The van der Waals surface area contributed by atoms with E-state index < -0.39 is 0 Å². The van der Waals surface area contributed by atoms with Crippen molar-refractivity contribution in [1.82, 2.24) is 9.78 Å². The molecule has 1 saturated heterocycles. The summed E-state index contributed by atoms with van der Waals surface area (Å²) in [5.74, 6) is 0. The number of aliphatic hydroxyl groups excluding tert-OH is 1. The van der Waals surface area contributed by atoms with Crippen molar-refractivity contribution < 1.29 is 9.84 Å². The third kappa shape index (κ3) is 2.69. The van der Waals surface area contributed by atoms with E-state index in [0.29, 0.717) is 0 Å². The number of hydrogen-bond acceptors (Lipinski definition) is 3. The number of hydrogen-bond donors (Lipinski definition) is 1. The van der Waals surface area contributed by atoms with E-state index in [4.69, 9.17) is 4.74 Å². The van der Waals surface area contributed by atoms with E-state index in [9.17, 15) is 5.11 Å². The number of rotatable bonds is 4. The fraction of sp³-hybridized carbons (Fsp3) is 0.769. The van der Waals surface area contributed by atoms with E-state index in [0.717, 1.165) is 44.6 Å². The Labute approximate surface area is 103 Å². The molecule has 2 rings (SSSR count). The molecule has 4 nitrogen and oxygen atoms in total. The van der Waals surface area contributed by atoms with Crippen LogP contribution in [0.2, 0.25) is 0 Å². The number of aryl methyl sites for hydroxylation is 2. The molecule has 17 heavy (non-hydrogen) atoms. The lowest BCUT2D eigenvalue weighted by molar-refractivity contribution is -0.0166. The van der Waals surface area contributed by atoms with Gasteiger partial charge in [0, 0.05) is 38.0 Å². The smallest absolute Gasteiger partial charge is 0.0624 e. The first-order chi connectivity index (χ1) is 8.19. The molecule has 0 saturated carbocycles. The molecule has 1 aliphatic heterocycles. The first kappa shape index (κ1) is 12.6. The van der Waals surface area contributed by atoms with Crippen LogP contribution in [0.1, 0.15) is 31.2 Å². The number of aliphatic hydroxyl groups is 1. The highest BCUT2D eigenvalue weighted by Crippen LogP contribution is 2.33. The second-order valence-electron chi connectivity index (χ2n) is 5.05. The van der Waals surface area contributed by atoms with Crippen molar-refractivity contribution in [3.05, 3.63) is 17.5 Å². The highest BCUT2D eigenvalue weighted by atomic mass is 16.5. The maximum absolute atomic E-state index is 9.67. The molecule has 0 spiro atoms. The molecule has 0 bridgehead atoms. The zero-order chi connectivity index (χ0) is 12.3. The average Bonchev–Trinajstić information content (AvgIpc) is 2.71. The molecule has 0 aliphatic carbocycles. The van der Waals surface area contributed by atoms with Gasteiger partial charge >= 0.3 is 0 Å². The standard InChI is InChI=1S/C13H22N2O2/c1-3-11-8-12(15(2)14-11)9-13(10-16)4-6-17-7-5-13/h8,16H,3-7,9-10H2,1-2H3. The molecule has 1 N–H and O–H groups in total. The second kappa shape index (κ2) is 5.19. The molecule has 0 radical (unpaired) electrons. The molecule has 1 fully saturated rings. The third-order valence-corrected chi connectivity index (χ3v) is 3.83. The molecule has 0 aromatic carbocycles. The lowest BCUT2D eigenvalue weighted by atomic mass is 9.77. The number of nitrogens with zero attached hydrogens (tertiary/aromatic N) is 2.